The number of carbonyl (C=O) groups is 2. The molecule has 1 aromatic carbocycles. The van der Waals surface area contributed by atoms with Gasteiger partial charge in [-0.05, 0) is 37.0 Å². The lowest BCUT2D eigenvalue weighted by Crippen LogP contribution is -2.52. The van der Waals surface area contributed by atoms with Crippen LogP contribution >= 0.6 is 0 Å². The fourth-order valence-electron chi connectivity index (χ4n) is 3.99. The van der Waals surface area contributed by atoms with Crippen molar-refractivity contribution in [1.29, 1.82) is 0 Å². The molecule has 0 aromatic heterocycles. The van der Waals surface area contributed by atoms with Crippen LogP contribution in [0.1, 0.15) is 24.8 Å². The maximum Gasteiger partial charge on any atom is 0.418 e. The number of nitrogens with one attached hydrogen (secondary N) is 1. The number of nitrogens with two attached hydrogens (primary N) is 1. The van der Waals surface area contributed by atoms with Gasteiger partial charge in [-0.2, -0.15) is 13.2 Å². The third-order valence-corrected chi connectivity index (χ3v) is 5.92. The average molecular weight is 478 g/mol. The third-order valence-electron chi connectivity index (χ3n) is 5.92. The molecule has 0 bridgehead atoms. The molecule has 2 fully saturated rings. The van der Waals surface area contributed by atoms with E-state index in [9.17, 15) is 31.5 Å². The van der Waals surface area contributed by atoms with E-state index in [-0.39, 0.29) is 44.5 Å². The molecule has 12 heteroatoms. The largest absolute Gasteiger partial charge is 0.418 e. The summed E-state index contributed by atoms with van der Waals surface area (Å²) in [6.45, 7) is -0.753. The summed E-state index contributed by atoms with van der Waals surface area (Å²) < 4.78 is 72.5. The molecule has 3 N–H and O–H groups in total. The van der Waals surface area contributed by atoms with Gasteiger partial charge in [0, 0.05) is 25.3 Å². The maximum atomic E-state index is 13.8. The first-order valence-electron chi connectivity index (χ1n) is 10.7. The van der Waals surface area contributed by atoms with Gasteiger partial charge in [-0.25, -0.2) is 8.78 Å². The molecule has 2 aliphatic rings. The van der Waals surface area contributed by atoms with Crippen molar-refractivity contribution in [2.24, 2.45) is 11.7 Å². The van der Waals surface area contributed by atoms with Gasteiger partial charge in [0.1, 0.15) is 12.6 Å². The minimum Gasteiger partial charge on any atom is -0.370 e. The summed E-state index contributed by atoms with van der Waals surface area (Å²) in [6.07, 6.45) is -4.89. The van der Waals surface area contributed by atoms with Gasteiger partial charge in [0.25, 0.3) is 12.3 Å². The van der Waals surface area contributed by atoms with Gasteiger partial charge in [0.2, 0.25) is 5.91 Å². The summed E-state index contributed by atoms with van der Waals surface area (Å²) >= 11 is 0. The van der Waals surface area contributed by atoms with Crippen LogP contribution in [0, 0.1) is 5.92 Å². The Morgan fingerprint density at radius 2 is 2.03 bits per heavy atom. The molecule has 0 unspecified atom stereocenters. The highest BCUT2D eigenvalue weighted by Crippen LogP contribution is 2.38. The highest BCUT2D eigenvalue weighted by Gasteiger charge is 2.37. The van der Waals surface area contributed by atoms with Crippen molar-refractivity contribution in [3.05, 3.63) is 23.8 Å². The number of ether oxygens (including phenoxy) is 1. The summed E-state index contributed by atoms with van der Waals surface area (Å²) in [5.74, 6) is -1.21. The Morgan fingerprint density at radius 1 is 1.30 bits per heavy atom. The Labute approximate surface area is 188 Å². The Bertz CT molecular complexity index is 848. The number of nitrogens with zero attached hydrogens (tertiary/aromatic N) is 2. The molecule has 3 rings (SSSR count). The highest BCUT2D eigenvalue weighted by atomic mass is 19.4. The number of rotatable bonds is 9. The zero-order valence-corrected chi connectivity index (χ0v) is 17.9. The van der Waals surface area contributed by atoms with Crippen LogP contribution in [0.4, 0.5) is 33.3 Å². The van der Waals surface area contributed by atoms with Crippen molar-refractivity contribution in [1.82, 2.24) is 4.90 Å². The number of carbonyl (C=O) groups excluding carboxylic acids is 2. The quantitative estimate of drug-likeness (QED) is 0.533. The zero-order chi connectivity index (χ0) is 24.2. The molecule has 1 saturated carbocycles. The van der Waals surface area contributed by atoms with Crippen LogP contribution < -0.4 is 16.0 Å². The van der Waals surface area contributed by atoms with E-state index in [2.05, 4.69) is 5.32 Å². The number of hydrogen-bond donors (Lipinski definition) is 2. The molecule has 0 spiro atoms. The number of alkyl halides is 5. The Morgan fingerprint density at radius 3 is 2.58 bits per heavy atom. The summed E-state index contributed by atoms with van der Waals surface area (Å²) in [7, 11) is 0. The van der Waals surface area contributed by atoms with Crippen molar-refractivity contribution in [3.8, 4) is 0 Å². The van der Waals surface area contributed by atoms with E-state index in [0.717, 1.165) is 31.4 Å². The topological polar surface area (TPSA) is 87.9 Å². The van der Waals surface area contributed by atoms with Crippen LogP contribution in [0.2, 0.25) is 0 Å². The normalized spacial score (nSPS) is 18.5. The van der Waals surface area contributed by atoms with Gasteiger partial charge >= 0.3 is 6.18 Å². The predicted molar refractivity (Wildman–Crippen MR) is 111 cm³/mol. The molecule has 0 radical (unpaired) electrons. The minimum atomic E-state index is -4.83. The first kappa shape index (κ1) is 25.3. The van der Waals surface area contributed by atoms with Crippen molar-refractivity contribution < 1.29 is 36.3 Å². The van der Waals surface area contributed by atoms with E-state index in [0.29, 0.717) is 0 Å². The van der Waals surface area contributed by atoms with Crippen molar-refractivity contribution in [2.45, 2.75) is 37.9 Å². The summed E-state index contributed by atoms with van der Waals surface area (Å²) in [4.78, 5) is 27.3. The monoisotopic (exact) mass is 478 g/mol. The van der Waals surface area contributed by atoms with E-state index >= 15 is 0 Å². The van der Waals surface area contributed by atoms with Crippen LogP contribution in [-0.2, 0) is 20.5 Å². The van der Waals surface area contributed by atoms with Gasteiger partial charge in [0.05, 0.1) is 24.4 Å². The van der Waals surface area contributed by atoms with Crippen molar-refractivity contribution >= 4 is 23.2 Å². The van der Waals surface area contributed by atoms with Crippen LogP contribution in [0.5, 0.6) is 0 Å². The first-order valence-corrected chi connectivity index (χ1v) is 10.7. The van der Waals surface area contributed by atoms with E-state index in [4.69, 9.17) is 10.5 Å². The molecule has 33 heavy (non-hydrogen) atoms. The molecule has 1 atom stereocenters. The SMILES string of the molecule is NC[C@@H](C(=O)Nc1ccc(N2CCOCC2=O)cc1C(F)(F)F)N(CC(F)F)CC1CCC1. The summed E-state index contributed by atoms with van der Waals surface area (Å²) in [6, 6.07) is 1.91. The van der Waals surface area contributed by atoms with Crippen LogP contribution in [0.3, 0.4) is 0 Å². The lowest BCUT2D eigenvalue weighted by atomic mass is 9.85. The van der Waals surface area contributed by atoms with Gasteiger partial charge in [-0.3, -0.25) is 14.5 Å². The average Bonchev–Trinajstić information content (AvgIpc) is 2.70. The second kappa shape index (κ2) is 10.7. The number of halogens is 5. The van der Waals surface area contributed by atoms with Crippen molar-refractivity contribution in [2.75, 3.05) is 49.6 Å². The fourth-order valence-corrected chi connectivity index (χ4v) is 3.99. The summed E-state index contributed by atoms with van der Waals surface area (Å²) in [5.41, 5.74) is 4.01. The number of hydrogen-bond acceptors (Lipinski definition) is 5. The molecule has 1 aliphatic heterocycles. The van der Waals surface area contributed by atoms with Crippen LogP contribution in [-0.4, -0.2) is 68.6 Å². The smallest absolute Gasteiger partial charge is 0.370 e. The minimum absolute atomic E-state index is 0.0216. The number of anilines is 2. The number of benzene rings is 1. The molecular formula is C21H27F5N4O3. The molecule has 1 saturated heterocycles. The predicted octanol–water partition coefficient (Wildman–Crippen LogP) is 2.70. The summed E-state index contributed by atoms with van der Waals surface area (Å²) in [5, 5.41) is 2.22. The number of morpholine rings is 1. The lowest BCUT2D eigenvalue weighted by molar-refractivity contribution is -0.137. The van der Waals surface area contributed by atoms with Crippen LogP contribution in [0.25, 0.3) is 0 Å². The Balaban J connectivity index is 1.83. The first-order chi connectivity index (χ1) is 15.6. The third kappa shape index (κ3) is 6.39. The Kier molecular flexibility index (Phi) is 8.24. The van der Waals surface area contributed by atoms with E-state index in [1.807, 2.05) is 0 Å². The lowest BCUT2D eigenvalue weighted by Gasteiger charge is -2.36. The van der Waals surface area contributed by atoms with Gasteiger partial charge in [-0.15, -0.1) is 0 Å². The highest BCUT2D eigenvalue weighted by molar-refractivity contribution is 5.98. The van der Waals surface area contributed by atoms with E-state index in [1.165, 1.54) is 15.9 Å². The van der Waals surface area contributed by atoms with Gasteiger partial charge in [0.15, 0.2) is 0 Å². The second-order valence-electron chi connectivity index (χ2n) is 8.21. The van der Waals surface area contributed by atoms with Gasteiger partial charge in [-0.1, -0.05) is 6.42 Å². The van der Waals surface area contributed by atoms with E-state index < -0.39 is 48.3 Å². The molecule has 1 heterocycles. The van der Waals surface area contributed by atoms with E-state index in [1.54, 1.807) is 0 Å². The molecular weight excluding hydrogens is 451 g/mol. The number of amides is 2. The van der Waals surface area contributed by atoms with Crippen LogP contribution in [0.15, 0.2) is 18.2 Å². The van der Waals surface area contributed by atoms with Gasteiger partial charge < -0.3 is 20.7 Å². The fraction of sp³-hybridized carbons (Fsp3) is 0.619. The molecule has 184 valence electrons. The molecule has 2 amide bonds. The maximum absolute atomic E-state index is 13.8. The standard InChI is InChI=1S/C21H27F5N4O3/c22-18(23)11-29(10-13-2-1-3-13)17(9-27)20(32)28-16-5-4-14(8-15(16)21(24,25)26)30-6-7-33-12-19(30)31/h4-5,8,13,17-18H,1-3,6-7,9-12,27H2,(H,28,32)/t17-/m0/s1. The molecule has 7 nitrogen and oxygen atoms in total. The molecule has 1 aliphatic carbocycles. The molecule has 1 aromatic rings. The van der Waals surface area contributed by atoms with Crippen molar-refractivity contribution in [3.63, 3.8) is 0 Å². The second-order valence-corrected chi connectivity index (χ2v) is 8.21. The zero-order valence-electron chi connectivity index (χ0n) is 17.9. The Hall–Kier alpha value is -2.31.